The zero-order chi connectivity index (χ0) is 21.1. The van der Waals surface area contributed by atoms with Crippen LogP contribution in [0.2, 0.25) is 0 Å². The third kappa shape index (κ3) is 3.94. The number of benzene rings is 1. The van der Waals surface area contributed by atoms with Crippen molar-refractivity contribution in [1.29, 1.82) is 5.26 Å². The zero-order valence-electron chi connectivity index (χ0n) is 16.0. The molecule has 30 heavy (non-hydrogen) atoms. The van der Waals surface area contributed by atoms with Gasteiger partial charge in [0.05, 0.1) is 16.7 Å². The van der Waals surface area contributed by atoms with Gasteiger partial charge in [0.25, 0.3) is 5.91 Å². The number of rotatable bonds is 5. The molecule has 0 saturated carbocycles. The molecule has 1 amide bonds. The van der Waals surface area contributed by atoms with Crippen LogP contribution in [0.1, 0.15) is 42.3 Å². The highest BCUT2D eigenvalue weighted by Gasteiger charge is 2.26. The lowest BCUT2D eigenvalue weighted by molar-refractivity contribution is 0.0692. The minimum atomic E-state index is -1.23. The fourth-order valence-electron chi connectivity index (χ4n) is 3.57. The van der Waals surface area contributed by atoms with E-state index in [0.717, 1.165) is 36.1 Å². The first-order valence-electron chi connectivity index (χ1n) is 9.36. The number of carbonyl (C=O) groups excluding carboxylic acids is 1. The van der Waals surface area contributed by atoms with Crippen molar-refractivity contribution >= 4 is 28.2 Å². The van der Waals surface area contributed by atoms with Gasteiger partial charge in [0.15, 0.2) is 0 Å². The van der Waals surface area contributed by atoms with E-state index in [-0.39, 0.29) is 11.1 Å². The van der Waals surface area contributed by atoms with Crippen molar-refractivity contribution in [3.05, 3.63) is 81.5 Å². The van der Waals surface area contributed by atoms with Crippen molar-refractivity contribution in [2.24, 2.45) is 0 Å². The van der Waals surface area contributed by atoms with Gasteiger partial charge in [-0.25, -0.2) is 4.79 Å². The molecule has 1 aromatic carbocycles. The molecule has 3 aromatic rings. The van der Waals surface area contributed by atoms with Crippen LogP contribution < -0.4 is 5.32 Å². The van der Waals surface area contributed by atoms with Gasteiger partial charge in [-0.3, -0.25) is 14.7 Å². The molecule has 8 heteroatoms. The van der Waals surface area contributed by atoms with Crippen LogP contribution in [-0.4, -0.2) is 33.4 Å². The summed E-state index contributed by atoms with van der Waals surface area (Å²) >= 11 is 1.38. The topological polar surface area (TPSA) is 106 Å². The maximum atomic E-state index is 12.7. The number of carboxylic acid groups (broad SMARTS) is 1. The Balaban J connectivity index is 1.56. The molecule has 0 unspecified atom stereocenters. The van der Waals surface area contributed by atoms with E-state index < -0.39 is 11.9 Å². The Morgan fingerprint density at radius 3 is 2.77 bits per heavy atom. The second-order valence-electron chi connectivity index (χ2n) is 6.95. The lowest BCUT2D eigenvalue weighted by atomic mass is 10.0. The normalized spacial score (nSPS) is 13.3. The van der Waals surface area contributed by atoms with Crippen molar-refractivity contribution in [3.63, 3.8) is 0 Å². The molecule has 0 spiro atoms. The summed E-state index contributed by atoms with van der Waals surface area (Å²) in [6.45, 7) is 2.35. The van der Waals surface area contributed by atoms with Crippen LogP contribution in [0.25, 0.3) is 0 Å². The predicted octanol–water partition coefficient (Wildman–Crippen LogP) is 3.52. The molecule has 0 bridgehead atoms. The van der Waals surface area contributed by atoms with Crippen LogP contribution in [0.3, 0.4) is 0 Å². The first kappa shape index (κ1) is 19.8. The maximum absolute atomic E-state index is 12.7. The third-order valence-electron chi connectivity index (χ3n) is 5.02. The molecule has 0 radical (unpaired) electrons. The number of aromatic nitrogens is 1. The molecule has 1 aliphatic heterocycles. The molecule has 0 aliphatic carbocycles. The number of carbonyl (C=O) groups is 2. The number of carboxylic acids is 1. The highest BCUT2D eigenvalue weighted by atomic mass is 32.1. The Hall–Kier alpha value is -3.54. The van der Waals surface area contributed by atoms with E-state index in [4.69, 9.17) is 0 Å². The summed E-state index contributed by atoms with van der Waals surface area (Å²) in [5.74, 6) is -1.79. The largest absolute Gasteiger partial charge is 0.478 e. The molecule has 4 rings (SSSR count). The summed E-state index contributed by atoms with van der Waals surface area (Å²) in [6.07, 6.45) is 3.24. The molecule has 1 aliphatic rings. The standard InChI is InChI=1S/C22H18N4O3S/c23-10-17-15-7-9-26(12-14-4-2-1-3-5-14)13-19(15)30-21(17)25-20(27)16-6-8-24-11-18(16)22(28)29/h1-6,8,11H,7,9,12-13H2,(H,25,27)(H,28,29). The number of pyridine rings is 1. The lowest BCUT2D eigenvalue weighted by Crippen LogP contribution is -2.29. The van der Waals surface area contributed by atoms with E-state index in [1.54, 1.807) is 0 Å². The first-order valence-corrected chi connectivity index (χ1v) is 10.2. The molecular weight excluding hydrogens is 400 g/mol. The SMILES string of the molecule is N#Cc1c(NC(=O)c2ccncc2C(=O)O)sc2c1CCN(Cc1ccccc1)C2. The van der Waals surface area contributed by atoms with Crippen molar-refractivity contribution in [2.45, 2.75) is 19.5 Å². The number of thiophene rings is 1. The first-order chi connectivity index (χ1) is 14.6. The summed E-state index contributed by atoms with van der Waals surface area (Å²) in [4.78, 5) is 31.2. The molecule has 2 N–H and O–H groups in total. The third-order valence-corrected chi connectivity index (χ3v) is 6.15. The smallest absolute Gasteiger partial charge is 0.338 e. The minimum absolute atomic E-state index is 0.0125. The number of anilines is 1. The summed E-state index contributed by atoms with van der Waals surface area (Å²) < 4.78 is 0. The summed E-state index contributed by atoms with van der Waals surface area (Å²) in [7, 11) is 0. The second-order valence-corrected chi connectivity index (χ2v) is 8.05. The number of nitrogens with zero attached hydrogens (tertiary/aromatic N) is 3. The minimum Gasteiger partial charge on any atom is -0.478 e. The van der Waals surface area contributed by atoms with Gasteiger partial charge in [-0.05, 0) is 23.6 Å². The quantitative estimate of drug-likeness (QED) is 0.657. The maximum Gasteiger partial charge on any atom is 0.338 e. The Morgan fingerprint density at radius 1 is 1.23 bits per heavy atom. The van der Waals surface area contributed by atoms with Gasteiger partial charge in [0, 0.05) is 36.9 Å². The number of nitrogens with one attached hydrogen (secondary N) is 1. The average Bonchev–Trinajstić information content (AvgIpc) is 3.10. The monoisotopic (exact) mass is 418 g/mol. The van der Waals surface area contributed by atoms with Crippen LogP contribution in [0.15, 0.2) is 48.8 Å². The molecular formula is C22H18N4O3S. The number of fused-ring (bicyclic) bond motifs is 1. The molecule has 0 atom stereocenters. The fourth-order valence-corrected chi connectivity index (χ4v) is 4.81. The molecule has 0 saturated heterocycles. The zero-order valence-corrected chi connectivity index (χ0v) is 16.8. The summed E-state index contributed by atoms with van der Waals surface area (Å²) in [5.41, 5.74) is 2.50. The van der Waals surface area contributed by atoms with Crippen molar-refractivity contribution < 1.29 is 14.7 Å². The van der Waals surface area contributed by atoms with Crippen LogP contribution in [0, 0.1) is 11.3 Å². The van der Waals surface area contributed by atoms with E-state index in [2.05, 4.69) is 33.4 Å². The molecule has 7 nitrogen and oxygen atoms in total. The van der Waals surface area contributed by atoms with Gasteiger partial charge >= 0.3 is 5.97 Å². The van der Waals surface area contributed by atoms with Gasteiger partial charge in [0.1, 0.15) is 11.1 Å². The highest BCUT2D eigenvalue weighted by molar-refractivity contribution is 7.16. The Kier molecular flexibility index (Phi) is 5.57. The molecule has 150 valence electrons. The van der Waals surface area contributed by atoms with E-state index in [9.17, 15) is 20.0 Å². The molecule has 3 heterocycles. The Morgan fingerprint density at radius 2 is 2.03 bits per heavy atom. The van der Waals surface area contributed by atoms with E-state index >= 15 is 0 Å². The van der Waals surface area contributed by atoms with Crippen LogP contribution in [0.4, 0.5) is 5.00 Å². The van der Waals surface area contributed by atoms with E-state index in [0.29, 0.717) is 17.1 Å². The number of hydrogen-bond acceptors (Lipinski definition) is 6. The van der Waals surface area contributed by atoms with Gasteiger partial charge in [-0.2, -0.15) is 5.26 Å². The lowest BCUT2D eigenvalue weighted by Gasteiger charge is -2.26. The summed E-state index contributed by atoms with van der Waals surface area (Å²) in [6, 6.07) is 13.8. The second kappa shape index (κ2) is 8.45. The van der Waals surface area contributed by atoms with Crippen molar-refractivity contribution in [3.8, 4) is 6.07 Å². The Labute approximate surface area is 177 Å². The average molecular weight is 418 g/mol. The van der Waals surface area contributed by atoms with E-state index in [1.165, 1.54) is 29.2 Å². The van der Waals surface area contributed by atoms with Crippen LogP contribution in [-0.2, 0) is 19.5 Å². The number of aromatic carboxylic acids is 1. The van der Waals surface area contributed by atoms with Gasteiger partial charge in [-0.1, -0.05) is 30.3 Å². The number of hydrogen-bond donors (Lipinski definition) is 2. The van der Waals surface area contributed by atoms with E-state index in [1.807, 2.05) is 18.2 Å². The molecule has 0 fully saturated rings. The van der Waals surface area contributed by atoms with Crippen LogP contribution >= 0.6 is 11.3 Å². The van der Waals surface area contributed by atoms with Crippen molar-refractivity contribution in [1.82, 2.24) is 9.88 Å². The fraction of sp³-hybridized carbons (Fsp3) is 0.182. The van der Waals surface area contributed by atoms with Crippen LogP contribution in [0.5, 0.6) is 0 Å². The van der Waals surface area contributed by atoms with Gasteiger partial charge in [-0.15, -0.1) is 11.3 Å². The number of amides is 1. The number of nitriles is 1. The highest BCUT2D eigenvalue weighted by Crippen LogP contribution is 2.37. The predicted molar refractivity (Wildman–Crippen MR) is 112 cm³/mol. The van der Waals surface area contributed by atoms with Gasteiger partial charge < -0.3 is 10.4 Å². The summed E-state index contributed by atoms with van der Waals surface area (Å²) in [5, 5.41) is 22.2. The molecule has 2 aromatic heterocycles. The van der Waals surface area contributed by atoms with Gasteiger partial charge in [0.2, 0.25) is 0 Å². The Bertz CT molecular complexity index is 1150. The van der Waals surface area contributed by atoms with Crippen molar-refractivity contribution in [2.75, 3.05) is 11.9 Å².